The molecule has 1 aromatic heterocycles. The van der Waals surface area contributed by atoms with Gasteiger partial charge in [0, 0.05) is 36.0 Å². The fourth-order valence-corrected chi connectivity index (χ4v) is 3.62. The number of amides is 2. The highest BCUT2D eigenvalue weighted by Crippen LogP contribution is 2.25. The molecular weight excluding hydrogens is 396 g/mol. The molecule has 0 radical (unpaired) electrons. The van der Waals surface area contributed by atoms with Gasteiger partial charge in [0.25, 0.3) is 0 Å². The Bertz CT molecular complexity index is 1080. The van der Waals surface area contributed by atoms with Gasteiger partial charge in [-0.15, -0.1) is 11.8 Å². The van der Waals surface area contributed by atoms with Gasteiger partial charge >= 0.3 is 0 Å². The fraction of sp³-hybridized carbons (Fsp3) is 0.130. The molecule has 150 valence electrons. The minimum atomic E-state index is -0.148. The minimum absolute atomic E-state index is 0.132. The first-order valence-corrected chi connectivity index (χ1v) is 10.3. The predicted octanol–water partition coefficient (Wildman–Crippen LogP) is 4.70. The average Bonchev–Trinajstić information content (AvgIpc) is 2.75. The summed E-state index contributed by atoms with van der Waals surface area (Å²) in [6.45, 7) is 1.44. The number of rotatable bonds is 7. The van der Waals surface area contributed by atoms with E-state index in [4.69, 9.17) is 0 Å². The average molecular weight is 417 g/mol. The van der Waals surface area contributed by atoms with Gasteiger partial charge in [-0.2, -0.15) is 5.26 Å². The van der Waals surface area contributed by atoms with Gasteiger partial charge in [0.2, 0.25) is 11.8 Å². The lowest BCUT2D eigenvalue weighted by atomic mass is 10.1. The smallest absolute Gasteiger partial charge is 0.225 e. The Labute approximate surface area is 179 Å². The summed E-state index contributed by atoms with van der Waals surface area (Å²) < 4.78 is 0. The quantitative estimate of drug-likeness (QED) is 0.545. The molecule has 0 saturated carbocycles. The van der Waals surface area contributed by atoms with Crippen molar-refractivity contribution in [2.75, 3.05) is 16.4 Å². The van der Waals surface area contributed by atoms with Gasteiger partial charge in [-0.1, -0.05) is 30.3 Å². The molecule has 6 nitrogen and oxygen atoms in total. The van der Waals surface area contributed by atoms with Crippen molar-refractivity contribution >= 4 is 35.0 Å². The van der Waals surface area contributed by atoms with E-state index in [2.05, 4.69) is 21.7 Å². The third-order valence-electron chi connectivity index (χ3n) is 4.11. The molecule has 0 aliphatic rings. The number of anilines is 2. The summed E-state index contributed by atoms with van der Waals surface area (Å²) in [5.74, 6) is 0.216. The first kappa shape index (κ1) is 21.1. The predicted molar refractivity (Wildman–Crippen MR) is 119 cm³/mol. The van der Waals surface area contributed by atoms with E-state index in [1.165, 1.54) is 18.7 Å². The summed E-state index contributed by atoms with van der Waals surface area (Å²) in [6, 6.07) is 22.4. The van der Waals surface area contributed by atoms with E-state index in [0.717, 1.165) is 11.3 Å². The van der Waals surface area contributed by atoms with Crippen molar-refractivity contribution in [3.05, 3.63) is 72.3 Å². The first-order valence-electron chi connectivity index (χ1n) is 9.32. The Morgan fingerprint density at radius 3 is 2.27 bits per heavy atom. The lowest BCUT2D eigenvalue weighted by molar-refractivity contribution is -0.116. The van der Waals surface area contributed by atoms with Crippen LogP contribution in [0.3, 0.4) is 0 Å². The molecule has 3 rings (SSSR count). The third-order valence-corrected chi connectivity index (χ3v) is 5.10. The number of hydrogen-bond acceptors (Lipinski definition) is 5. The maximum Gasteiger partial charge on any atom is 0.225 e. The van der Waals surface area contributed by atoms with Gasteiger partial charge in [-0.3, -0.25) is 9.59 Å². The highest BCUT2D eigenvalue weighted by atomic mass is 32.2. The largest absolute Gasteiger partial charge is 0.326 e. The van der Waals surface area contributed by atoms with Gasteiger partial charge < -0.3 is 10.6 Å². The maximum atomic E-state index is 12.2. The van der Waals surface area contributed by atoms with Crippen molar-refractivity contribution in [2.45, 2.75) is 18.4 Å². The van der Waals surface area contributed by atoms with Crippen molar-refractivity contribution in [1.29, 1.82) is 5.26 Å². The molecule has 0 aliphatic carbocycles. The van der Waals surface area contributed by atoms with E-state index in [-0.39, 0.29) is 18.2 Å². The Hall–Kier alpha value is -3.63. The van der Waals surface area contributed by atoms with Crippen LogP contribution >= 0.6 is 11.8 Å². The monoisotopic (exact) mass is 416 g/mol. The molecule has 0 unspecified atom stereocenters. The van der Waals surface area contributed by atoms with Crippen LogP contribution in [0.15, 0.2) is 71.8 Å². The van der Waals surface area contributed by atoms with Gasteiger partial charge in [-0.25, -0.2) is 4.98 Å². The van der Waals surface area contributed by atoms with Crippen LogP contribution in [0.5, 0.6) is 0 Å². The zero-order chi connectivity index (χ0) is 21.3. The molecule has 3 aromatic rings. The number of nitriles is 1. The number of nitrogens with one attached hydrogen (secondary N) is 2. The molecule has 0 fully saturated rings. The van der Waals surface area contributed by atoms with Crippen LogP contribution in [0.4, 0.5) is 11.4 Å². The van der Waals surface area contributed by atoms with Gasteiger partial charge in [-0.05, 0) is 36.4 Å². The SMILES string of the molecule is CC(=O)Nc1ccc(NC(=O)CCSc2nc(-c3ccccc3)ccc2C#N)cc1. The van der Waals surface area contributed by atoms with Crippen LogP contribution in [0.2, 0.25) is 0 Å². The molecule has 2 amide bonds. The van der Waals surface area contributed by atoms with Gasteiger partial charge in [0.1, 0.15) is 11.1 Å². The second kappa shape index (κ2) is 10.2. The number of thioether (sulfide) groups is 1. The normalized spacial score (nSPS) is 10.1. The van der Waals surface area contributed by atoms with E-state index in [1.54, 1.807) is 30.3 Å². The van der Waals surface area contributed by atoms with E-state index in [9.17, 15) is 14.9 Å². The van der Waals surface area contributed by atoms with Crippen LogP contribution in [0.1, 0.15) is 18.9 Å². The highest BCUT2D eigenvalue weighted by Gasteiger charge is 2.10. The fourth-order valence-electron chi connectivity index (χ4n) is 2.71. The summed E-state index contributed by atoms with van der Waals surface area (Å²) >= 11 is 1.39. The topological polar surface area (TPSA) is 94.9 Å². The van der Waals surface area contributed by atoms with Crippen LogP contribution in [0.25, 0.3) is 11.3 Å². The zero-order valence-electron chi connectivity index (χ0n) is 16.4. The third kappa shape index (κ3) is 5.93. The Morgan fingerprint density at radius 2 is 1.63 bits per heavy atom. The number of pyridine rings is 1. The lowest BCUT2D eigenvalue weighted by Crippen LogP contribution is -2.12. The van der Waals surface area contributed by atoms with E-state index >= 15 is 0 Å². The maximum absolute atomic E-state index is 12.2. The number of aromatic nitrogens is 1. The first-order chi connectivity index (χ1) is 14.5. The molecule has 30 heavy (non-hydrogen) atoms. The summed E-state index contributed by atoms with van der Waals surface area (Å²) in [5.41, 5.74) is 3.59. The van der Waals surface area contributed by atoms with Crippen LogP contribution in [-0.2, 0) is 9.59 Å². The van der Waals surface area contributed by atoms with Crippen molar-refractivity contribution in [2.24, 2.45) is 0 Å². The minimum Gasteiger partial charge on any atom is -0.326 e. The Morgan fingerprint density at radius 1 is 0.967 bits per heavy atom. The molecule has 0 spiro atoms. The van der Waals surface area contributed by atoms with Crippen molar-refractivity contribution in [1.82, 2.24) is 4.98 Å². The number of benzene rings is 2. The summed E-state index contributed by atoms with van der Waals surface area (Å²) in [7, 11) is 0. The van der Waals surface area contributed by atoms with Gasteiger partial charge in [0.05, 0.1) is 11.3 Å². The molecule has 0 atom stereocenters. The number of carbonyl (C=O) groups excluding carboxylic acids is 2. The second-order valence-electron chi connectivity index (χ2n) is 6.43. The van der Waals surface area contributed by atoms with Crippen molar-refractivity contribution < 1.29 is 9.59 Å². The van der Waals surface area contributed by atoms with E-state index < -0.39 is 0 Å². The molecule has 2 N–H and O–H groups in total. The van der Waals surface area contributed by atoms with Gasteiger partial charge in [0.15, 0.2) is 0 Å². The van der Waals surface area contributed by atoms with E-state index in [0.29, 0.717) is 27.7 Å². The summed E-state index contributed by atoms with van der Waals surface area (Å²) in [6.07, 6.45) is 0.278. The Balaban J connectivity index is 1.57. The molecule has 0 bridgehead atoms. The van der Waals surface area contributed by atoms with Crippen LogP contribution in [0, 0.1) is 11.3 Å². The molecule has 7 heteroatoms. The number of nitrogens with zero attached hydrogens (tertiary/aromatic N) is 2. The second-order valence-corrected chi connectivity index (χ2v) is 7.52. The molecule has 2 aromatic carbocycles. The lowest BCUT2D eigenvalue weighted by Gasteiger charge is -2.08. The molecule has 1 heterocycles. The van der Waals surface area contributed by atoms with Crippen molar-refractivity contribution in [3.8, 4) is 17.3 Å². The highest BCUT2D eigenvalue weighted by molar-refractivity contribution is 7.99. The molecule has 0 aliphatic heterocycles. The summed E-state index contributed by atoms with van der Waals surface area (Å²) in [4.78, 5) is 27.9. The summed E-state index contributed by atoms with van der Waals surface area (Å²) in [5, 5.41) is 15.5. The van der Waals surface area contributed by atoms with Crippen molar-refractivity contribution in [3.63, 3.8) is 0 Å². The number of hydrogen-bond donors (Lipinski definition) is 2. The standard InChI is InChI=1S/C23H20N4O2S/c1-16(28)25-19-8-10-20(11-9-19)26-22(29)13-14-30-23-18(15-24)7-12-21(27-23)17-5-3-2-4-6-17/h2-12H,13-14H2,1H3,(H,25,28)(H,26,29). The Kier molecular flexibility index (Phi) is 7.19. The van der Waals surface area contributed by atoms with E-state index in [1.807, 2.05) is 36.4 Å². The number of carbonyl (C=O) groups is 2. The zero-order valence-corrected chi connectivity index (χ0v) is 17.2. The van der Waals surface area contributed by atoms with Crippen LogP contribution in [-0.4, -0.2) is 22.6 Å². The molecule has 0 saturated heterocycles. The molecular formula is C23H20N4O2S. The van der Waals surface area contributed by atoms with Crippen LogP contribution < -0.4 is 10.6 Å².